The average molecular weight is 301 g/mol. The molecule has 2 N–H and O–H groups in total. The molecule has 0 bridgehead atoms. The van der Waals surface area contributed by atoms with Crippen LogP contribution in [0, 0.1) is 0 Å². The van der Waals surface area contributed by atoms with E-state index in [2.05, 4.69) is 15.3 Å². The van der Waals surface area contributed by atoms with Crippen molar-refractivity contribution in [3.8, 4) is 17.4 Å². The largest absolute Gasteiger partial charge is 0.504 e. The van der Waals surface area contributed by atoms with E-state index in [4.69, 9.17) is 9.47 Å². The van der Waals surface area contributed by atoms with Crippen LogP contribution in [0.1, 0.15) is 5.56 Å². The quantitative estimate of drug-likeness (QED) is 0.819. The van der Waals surface area contributed by atoms with Crippen LogP contribution in [-0.2, 0) is 4.79 Å². The predicted octanol–water partition coefficient (Wildman–Crippen LogP) is 1.85. The highest BCUT2D eigenvalue weighted by Gasteiger charge is 2.03. The summed E-state index contributed by atoms with van der Waals surface area (Å²) >= 11 is 0. The van der Waals surface area contributed by atoms with Crippen molar-refractivity contribution < 1.29 is 19.4 Å². The smallest absolute Gasteiger partial charge is 0.250 e. The zero-order valence-electron chi connectivity index (χ0n) is 12.1. The molecule has 0 saturated heterocycles. The Bertz CT molecular complexity index is 701. The number of benzene rings is 1. The third-order valence-electron chi connectivity index (χ3n) is 2.70. The monoisotopic (exact) mass is 301 g/mol. The van der Waals surface area contributed by atoms with Crippen molar-refractivity contribution >= 4 is 17.9 Å². The van der Waals surface area contributed by atoms with Gasteiger partial charge in [0.2, 0.25) is 11.8 Å². The van der Waals surface area contributed by atoms with Crippen molar-refractivity contribution in [1.82, 2.24) is 9.97 Å². The first-order chi connectivity index (χ1) is 10.6. The van der Waals surface area contributed by atoms with Crippen molar-refractivity contribution in [2.45, 2.75) is 0 Å². The van der Waals surface area contributed by atoms with Crippen LogP contribution < -0.4 is 14.8 Å². The summed E-state index contributed by atoms with van der Waals surface area (Å²) in [6.45, 7) is 0. The molecule has 2 rings (SSSR count). The Labute approximate surface area is 127 Å². The molecule has 1 amide bonds. The van der Waals surface area contributed by atoms with Gasteiger partial charge >= 0.3 is 0 Å². The minimum Gasteiger partial charge on any atom is -0.504 e. The number of phenols is 1. The first kappa shape index (κ1) is 15.3. The van der Waals surface area contributed by atoms with Crippen molar-refractivity contribution in [1.29, 1.82) is 0 Å². The normalized spacial score (nSPS) is 10.5. The summed E-state index contributed by atoms with van der Waals surface area (Å²) in [7, 11) is 2.94. The molecule has 22 heavy (non-hydrogen) atoms. The lowest BCUT2D eigenvalue weighted by atomic mass is 10.2. The minimum absolute atomic E-state index is 0.00110. The van der Waals surface area contributed by atoms with Gasteiger partial charge in [0.05, 0.1) is 14.2 Å². The van der Waals surface area contributed by atoms with E-state index in [1.165, 1.54) is 32.6 Å². The second kappa shape index (κ2) is 7.07. The van der Waals surface area contributed by atoms with E-state index in [1.807, 2.05) is 0 Å². The van der Waals surface area contributed by atoms with E-state index < -0.39 is 5.91 Å². The Hall–Kier alpha value is -3.09. The van der Waals surface area contributed by atoms with Gasteiger partial charge in [-0.3, -0.25) is 10.1 Å². The Kier molecular flexibility index (Phi) is 4.92. The molecule has 0 aliphatic rings. The van der Waals surface area contributed by atoms with E-state index in [1.54, 1.807) is 24.3 Å². The van der Waals surface area contributed by atoms with E-state index in [0.29, 0.717) is 17.2 Å². The lowest BCUT2D eigenvalue weighted by Gasteiger charge is -2.04. The number of carbonyl (C=O) groups is 1. The van der Waals surface area contributed by atoms with E-state index >= 15 is 0 Å². The summed E-state index contributed by atoms with van der Waals surface area (Å²) in [5.74, 6) is 0.470. The highest BCUT2D eigenvalue weighted by Crippen LogP contribution is 2.26. The number of ether oxygens (including phenoxy) is 2. The van der Waals surface area contributed by atoms with Crippen LogP contribution in [0.25, 0.3) is 6.08 Å². The summed E-state index contributed by atoms with van der Waals surface area (Å²) in [5.41, 5.74) is 0.653. The molecule has 114 valence electrons. The number of hydrogen-bond donors (Lipinski definition) is 2. The highest BCUT2D eigenvalue weighted by molar-refractivity contribution is 6.00. The molecule has 7 heteroatoms. The number of carbonyl (C=O) groups excluding carboxylic acids is 1. The molecule has 7 nitrogen and oxygen atoms in total. The number of aromatic hydroxyl groups is 1. The molecule has 0 aliphatic heterocycles. The first-order valence-electron chi connectivity index (χ1n) is 6.35. The Morgan fingerprint density at radius 1 is 1.27 bits per heavy atom. The van der Waals surface area contributed by atoms with Crippen LogP contribution in [0.5, 0.6) is 17.4 Å². The molecule has 0 radical (unpaired) electrons. The number of phenolic OH excluding ortho intramolecular Hbond substituents is 1. The molecule has 0 atom stereocenters. The lowest BCUT2D eigenvalue weighted by Crippen LogP contribution is -2.10. The Morgan fingerprint density at radius 2 is 2.09 bits per heavy atom. The number of amides is 1. The standard InChI is InChI=1S/C15H15N3O4/c1-21-12-5-3-10(9-11(12)19)4-6-13(20)17-15-16-8-7-14(18-15)22-2/h3-9,19H,1-2H3,(H,16,17,18,20). The van der Waals surface area contributed by atoms with Crippen molar-refractivity contribution in [2.24, 2.45) is 0 Å². The molecule has 0 saturated carbocycles. The van der Waals surface area contributed by atoms with Crippen LogP contribution in [0.4, 0.5) is 5.95 Å². The third-order valence-corrected chi connectivity index (χ3v) is 2.70. The number of nitrogens with zero attached hydrogens (tertiary/aromatic N) is 2. The zero-order chi connectivity index (χ0) is 15.9. The molecule has 0 fully saturated rings. The maximum absolute atomic E-state index is 11.8. The van der Waals surface area contributed by atoms with E-state index in [0.717, 1.165) is 0 Å². The van der Waals surface area contributed by atoms with E-state index in [9.17, 15) is 9.90 Å². The molecule has 1 aromatic heterocycles. The highest BCUT2D eigenvalue weighted by atomic mass is 16.5. The van der Waals surface area contributed by atoms with Crippen molar-refractivity contribution in [3.05, 3.63) is 42.1 Å². The number of hydrogen-bond acceptors (Lipinski definition) is 6. The summed E-state index contributed by atoms with van der Waals surface area (Å²) in [6.07, 6.45) is 4.34. The van der Waals surface area contributed by atoms with Gasteiger partial charge in [-0.05, 0) is 23.8 Å². The predicted molar refractivity (Wildman–Crippen MR) is 80.9 cm³/mol. The fourth-order valence-electron chi connectivity index (χ4n) is 1.65. The van der Waals surface area contributed by atoms with Crippen molar-refractivity contribution in [3.63, 3.8) is 0 Å². The van der Waals surface area contributed by atoms with Crippen LogP contribution in [0.15, 0.2) is 36.5 Å². The molecule has 0 unspecified atom stereocenters. The fourth-order valence-corrected chi connectivity index (χ4v) is 1.65. The van der Waals surface area contributed by atoms with Gasteiger partial charge in [0.25, 0.3) is 5.91 Å². The second-order valence-corrected chi connectivity index (χ2v) is 4.18. The number of methoxy groups -OCH3 is 2. The van der Waals surface area contributed by atoms with Gasteiger partial charge in [-0.2, -0.15) is 4.98 Å². The molecule has 1 heterocycles. The second-order valence-electron chi connectivity index (χ2n) is 4.18. The van der Waals surface area contributed by atoms with E-state index in [-0.39, 0.29) is 11.7 Å². The molecule has 0 spiro atoms. The van der Waals surface area contributed by atoms with Gasteiger partial charge in [0.1, 0.15) is 0 Å². The van der Waals surface area contributed by atoms with Crippen LogP contribution in [-0.4, -0.2) is 35.2 Å². The maximum atomic E-state index is 11.8. The third kappa shape index (κ3) is 3.95. The van der Waals surface area contributed by atoms with Gasteiger partial charge in [0.15, 0.2) is 11.5 Å². The summed E-state index contributed by atoms with van der Waals surface area (Å²) in [5, 5.41) is 12.2. The average Bonchev–Trinajstić information content (AvgIpc) is 2.53. The number of rotatable bonds is 5. The SMILES string of the molecule is COc1ccnc(NC(=O)C=Cc2ccc(OC)c(O)c2)n1. The van der Waals surface area contributed by atoms with Crippen molar-refractivity contribution in [2.75, 3.05) is 19.5 Å². The number of aromatic nitrogens is 2. The molecule has 0 aliphatic carbocycles. The fraction of sp³-hybridized carbons (Fsp3) is 0.133. The number of anilines is 1. The van der Waals surface area contributed by atoms with Gasteiger partial charge in [-0.15, -0.1) is 0 Å². The molecule has 1 aromatic carbocycles. The molecular weight excluding hydrogens is 286 g/mol. The molecular formula is C15H15N3O4. The van der Waals surface area contributed by atoms with Gasteiger partial charge in [-0.25, -0.2) is 4.98 Å². The zero-order valence-corrected chi connectivity index (χ0v) is 12.1. The topological polar surface area (TPSA) is 93.6 Å². The molecule has 2 aromatic rings. The van der Waals surface area contributed by atoms with Gasteiger partial charge < -0.3 is 14.6 Å². The van der Waals surface area contributed by atoms with Crippen LogP contribution >= 0.6 is 0 Å². The number of nitrogens with one attached hydrogen (secondary N) is 1. The minimum atomic E-state index is -0.399. The summed E-state index contributed by atoms with van der Waals surface area (Å²) in [6, 6.07) is 6.39. The maximum Gasteiger partial charge on any atom is 0.250 e. The Balaban J connectivity index is 2.03. The van der Waals surface area contributed by atoms with Crippen LogP contribution in [0.2, 0.25) is 0 Å². The van der Waals surface area contributed by atoms with Crippen LogP contribution in [0.3, 0.4) is 0 Å². The first-order valence-corrected chi connectivity index (χ1v) is 6.35. The van der Waals surface area contributed by atoms with Gasteiger partial charge in [0, 0.05) is 18.3 Å². The lowest BCUT2D eigenvalue weighted by molar-refractivity contribution is -0.111. The Morgan fingerprint density at radius 3 is 2.77 bits per heavy atom. The van der Waals surface area contributed by atoms with Gasteiger partial charge in [-0.1, -0.05) is 6.07 Å². The summed E-state index contributed by atoms with van der Waals surface area (Å²) in [4.78, 5) is 19.7. The summed E-state index contributed by atoms with van der Waals surface area (Å²) < 4.78 is 9.89.